The molecule has 0 saturated carbocycles. The van der Waals surface area contributed by atoms with Gasteiger partial charge in [0, 0.05) is 5.56 Å². The van der Waals surface area contributed by atoms with E-state index < -0.39 is 5.97 Å². The first-order valence-electron chi connectivity index (χ1n) is 7.03. The lowest BCUT2D eigenvalue weighted by atomic mass is 10.1. The number of fused-ring (bicyclic) bond motifs is 1. The van der Waals surface area contributed by atoms with Crippen LogP contribution in [0.25, 0.3) is 22.4 Å². The van der Waals surface area contributed by atoms with Gasteiger partial charge in [-0.15, -0.1) is 0 Å². The molecular weight excluding hydrogens is 296 g/mol. The van der Waals surface area contributed by atoms with Gasteiger partial charge in [-0.3, -0.25) is 4.79 Å². The van der Waals surface area contributed by atoms with E-state index in [9.17, 15) is 4.79 Å². The number of H-pyrrole nitrogens is 1. The third-order valence-electron chi connectivity index (χ3n) is 3.56. The molecule has 0 saturated heterocycles. The Bertz CT molecular complexity index is 870. The van der Waals surface area contributed by atoms with Gasteiger partial charge in [0.25, 0.3) is 0 Å². The van der Waals surface area contributed by atoms with Crippen molar-refractivity contribution in [3.63, 3.8) is 0 Å². The van der Waals surface area contributed by atoms with Crippen molar-refractivity contribution < 1.29 is 19.4 Å². The van der Waals surface area contributed by atoms with Crippen LogP contribution in [0, 0.1) is 0 Å². The van der Waals surface area contributed by atoms with Gasteiger partial charge in [0.2, 0.25) is 0 Å². The number of rotatable bonds is 5. The van der Waals surface area contributed by atoms with E-state index >= 15 is 0 Å². The smallest absolute Gasteiger partial charge is 0.307 e. The minimum absolute atomic E-state index is 0.0132. The zero-order valence-corrected chi connectivity index (χ0v) is 12.8. The Morgan fingerprint density at radius 3 is 2.61 bits per heavy atom. The number of methoxy groups -OCH3 is 2. The number of carbonyl (C=O) groups is 1. The Morgan fingerprint density at radius 1 is 1.13 bits per heavy atom. The Hall–Kier alpha value is -3.02. The van der Waals surface area contributed by atoms with Crippen LogP contribution in [-0.2, 0) is 11.2 Å². The summed E-state index contributed by atoms with van der Waals surface area (Å²) in [7, 11) is 3.17. The molecule has 0 radical (unpaired) electrons. The summed E-state index contributed by atoms with van der Waals surface area (Å²) in [6.45, 7) is 0. The molecule has 0 aliphatic rings. The van der Waals surface area contributed by atoms with Gasteiger partial charge in [0.1, 0.15) is 5.82 Å². The third kappa shape index (κ3) is 2.96. The van der Waals surface area contributed by atoms with E-state index in [1.54, 1.807) is 26.4 Å². The molecule has 6 heteroatoms. The fourth-order valence-electron chi connectivity index (χ4n) is 2.46. The quantitative estimate of drug-likeness (QED) is 0.756. The lowest BCUT2D eigenvalue weighted by Gasteiger charge is -2.08. The number of aromatic amines is 1. The predicted molar refractivity (Wildman–Crippen MR) is 86.0 cm³/mol. The number of hydrogen-bond donors (Lipinski definition) is 2. The summed E-state index contributed by atoms with van der Waals surface area (Å²) >= 11 is 0. The summed E-state index contributed by atoms with van der Waals surface area (Å²) in [5.74, 6) is 1.10. The van der Waals surface area contributed by atoms with Crippen molar-refractivity contribution in [3.8, 4) is 22.9 Å². The molecule has 0 aliphatic heterocycles. The van der Waals surface area contributed by atoms with Crippen LogP contribution < -0.4 is 9.47 Å². The highest BCUT2D eigenvalue weighted by atomic mass is 16.5. The average Bonchev–Trinajstić information content (AvgIpc) is 2.96. The molecule has 0 amide bonds. The van der Waals surface area contributed by atoms with E-state index in [1.807, 2.05) is 24.3 Å². The van der Waals surface area contributed by atoms with Crippen molar-refractivity contribution in [2.24, 2.45) is 0 Å². The Kier molecular flexibility index (Phi) is 3.89. The van der Waals surface area contributed by atoms with E-state index in [-0.39, 0.29) is 6.42 Å². The number of nitrogens with zero attached hydrogens (tertiary/aromatic N) is 1. The first kappa shape index (κ1) is 14.9. The second-order valence-corrected chi connectivity index (χ2v) is 5.08. The molecule has 0 fully saturated rings. The van der Waals surface area contributed by atoms with Crippen LogP contribution in [0.15, 0.2) is 36.4 Å². The Morgan fingerprint density at radius 2 is 1.91 bits per heavy atom. The van der Waals surface area contributed by atoms with Gasteiger partial charge in [-0.25, -0.2) is 4.98 Å². The van der Waals surface area contributed by atoms with Crippen molar-refractivity contribution in [2.45, 2.75) is 6.42 Å². The number of aliphatic carboxylic acids is 1. The van der Waals surface area contributed by atoms with Crippen LogP contribution in [0.2, 0.25) is 0 Å². The van der Waals surface area contributed by atoms with Crippen molar-refractivity contribution >= 4 is 17.0 Å². The first-order chi connectivity index (χ1) is 11.1. The average molecular weight is 312 g/mol. The van der Waals surface area contributed by atoms with Crippen LogP contribution in [-0.4, -0.2) is 35.3 Å². The molecule has 3 rings (SSSR count). The third-order valence-corrected chi connectivity index (χ3v) is 3.56. The van der Waals surface area contributed by atoms with Gasteiger partial charge in [0.15, 0.2) is 11.5 Å². The fraction of sp³-hybridized carbons (Fsp3) is 0.176. The summed E-state index contributed by atoms with van der Waals surface area (Å²) in [5, 5.41) is 8.88. The van der Waals surface area contributed by atoms with Gasteiger partial charge >= 0.3 is 5.97 Å². The number of benzene rings is 2. The summed E-state index contributed by atoms with van der Waals surface area (Å²) in [6, 6.07) is 10.9. The number of hydrogen-bond acceptors (Lipinski definition) is 4. The van der Waals surface area contributed by atoms with Crippen molar-refractivity contribution in [2.75, 3.05) is 14.2 Å². The molecule has 0 bridgehead atoms. The molecule has 23 heavy (non-hydrogen) atoms. The molecule has 118 valence electrons. The molecule has 0 aliphatic carbocycles. The van der Waals surface area contributed by atoms with Crippen LogP contribution in [0.4, 0.5) is 0 Å². The Labute approximate surface area is 132 Å². The summed E-state index contributed by atoms with van der Waals surface area (Å²) in [5.41, 5.74) is 3.17. The van der Waals surface area contributed by atoms with E-state index in [1.165, 1.54) is 0 Å². The molecule has 2 N–H and O–H groups in total. The number of carboxylic acids is 1. The van der Waals surface area contributed by atoms with E-state index in [2.05, 4.69) is 9.97 Å². The normalized spacial score (nSPS) is 10.7. The minimum Gasteiger partial charge on any atom is -0.493 e. The van der Waals surface area contributed by atoms with E-state index in [0.29, 0.717) is 17.3 Å². The molecule has 0 atom stereocenters. The van der Waals surface area contributed by atoms with Gasteiger partial charge in [0.05, 0.1) is 31.7 Å². The molecule has 0 spiro atoms. The maximum absolute atomic E-state index is 10.8. The highest BCUT2D eigenvalue weighted by Crippen LogP contribution is 2.32. The molecule has 3 aromatic rings. The monoisotopic (exact) mass is 312 g/mol. The number of carboxylic acid groups (broad SMARTS) is 1. The largest absolute Gasteiger partial charge is 0.493 e. The second kappa shape index (κ2) is 6.00. The topological polar surface area (TPSA) is 84.4 Å². The van der Waals surface area contributed by atoms with Gasteiger partial charge in [-0.05, 0) is 35.9 Å². The van der Waals surface area contributed by atoms with E-state index in [0.717, 1.165) is 22.2 Å². The number of aromatic nitrogens is 2. The Balaban J connectivity index is 2.01. The van der Waals surface area contributed by atoms with Crippen LogP contribution in [0.5, 0.6) is 11.5 Å². The molecule has 1 heterocycles. The van der Waals surface area contributed by atoms with Gasteiger partial charge in [-0.1, -0.05) is 6.07 Å². The molecule has 1 aromatic heterocycles. The zero-order valence-electron chi connectivity index (χ0n) is 12.8. The number of imidazole rings is 1. The standard InChI is InChI=1S/C17H16N2O4/c1-22-14-6-4-11(9-15(14)23-2)17-18-12-5-3-10(8-16(20)21)7-13(12)19-17/h3-7,9H,8H2,1-2H3,(H,18,19)(H,20,21). The summed E-state index contributed by atoms with van der Waals surface area (Å²) < 4.78 is 10.5. The summed E-state index contributed by atoms with van der Waals surface area (Å²) in [4.78, 5) is 18.6. The van der Waals surface area contributed by atoms with Crippen molar-refractivity contribution in [1.29, 1.82) is 0 Å². The SMILES string of the molecule is COc1ccc(-c2nc3ccc(CC(=O)O)cc3[nH]2)cc1OC. The van der Waals surface area contributed by atoms with Crippen LogP contribution in [0.3, 0.4) is 0 Å². The highest BCUT2D eigenvalue weighted by Gasteiger charge is 2.10. The highest BCUT2D eigenvalue weighted by molar-refractivity contribution is 5.81. The first-order valence-corrected chi connectivity index (χ1v) is 7.03. The maximum Gasteiger partial charge on any atom is 0.307 e. The molecule has 6 nitrogen and oxygen atoms in total. The number of nitrogens with one attached hydrogen (secondary N) is 1. The maximum atomic E-state index is 10.8. The van der Waals surface area contributed by atoms with Crippen LogP contribution >= 0.6 is 0 Å². The zero-order chi connectivity index (χ0) is 16.4. The minimum atomic E-state index is -0.857. The fourth-order valence-corrected chi connectivity index (χ4v) is 2.46. The molecule has 0 unspecified atom stereocenters. The molecule has 2 aromatic carbocycles. The molecular formula is C17H16N2O4. The van der Waals surface area contributed by atoms with Crippen molar-refractivity contribution in [3.05, 3.63) is 42.0 Å². The van der Waals surface area contributed by atoms with Gasteiger partial charge in [-0.2, -0.15) is 0 Å². The van der Waals surface area contributed by atoms with Crippen LogP contribution in [0.1, 0.15) is 5.56 Å². The van der Waals surface area contributed by atoms with Gasteiger partial charge < -0.3 is 19.6 Å². The predicted octanol–water partition coefficient (Wildman–Crippen LogP) is 2.87. The summed E-state index contributed by atoms with van der Waals surface area (Å²) in [6.07, 6.45) is -0.0132. The van der Waals surface area contributed by atoms with Crippen molar-refractivity contribution in [1.82, 2.24) is 9.97 Å². The number of ether oxygens (including phenoxy) is 2. The lowest BCUT2D eigenvalue weighted by Crippen LogP contribution is -1.99. The lowest BCUT2D eigenvalue weighted by molar-refractivity contribution is -0.136. The second-order valence-electron chi connectivity index (χ2n) is 5.08. The van der Waals surface area contributed by atoms with E-state index in [4.69, 9.17) is 14.6 Å².